The van der Waals surface area contributed by atoms with Crippen molar-refractivity contribution in [1.82, 2.24) is 15.0 Å². The van der Waals surface area contributed by atoms with Crippen LogP contribution in [0.4, 0.5) is 17.5 Å². The maximum atomic E-state index is 9.36. The zero-order chi connectivity index (χ0) is 16.8. The van der Waals surface area contributed by atoms with Gasteiger partial charge in [-0.2, -0.15) is 4.98 Å². The van der Waals surface area contributed by atoms with E-state index in [4.69, 9.17) is 5.11 Å². The number of hydrogen-bond acceptors (Lipinski definition) is 7. The largest absolute Gasteiger partial charge is 0.508 e. The predicted molar refractivity (Wildman–Crippen MR) is 92.2 cm³/mol. The molecule has 7 nitrogen and oxygen atoms in total. The van der Waals surface area contributed by atoms with Crippen molar-refractivity contribution in [3.63, 3.8) is 0 Å². The molecule has 0 saturated heterocycles. The maximum absolute atomic E-state index is 9.36. The first-order chi connectivity index (χ1) is 11.7. The van der Waals surface area contributed by atoms with Gasteiger partial charge in [-0.3, -0.25) is 4.98 Å². The van der Waals surface area contributed by atoms with E-state index in [-0.39, 0.29) is 12.4 Å². The van der Waals surface area contributed by atoms with E-state index in [0.717, 1.165) is 11.4 Å². The molecule has 2 aromatic heterocycles. The molecule has 0 aliphatic rings. The van der Waals surface area contributed by atoms with Gasteiger partial charge in [-0.05, 0) is 36.4 Å². The molecule has 0 unspecified atom stereocenters. The summed E-state index contributed by atoms with van der Waals surface area (Å²) in [5, 5.41) is 24.5. The van der Waals surface area contributed by atoms with Crippen LogP contribution in [0.1, 0.15) is 0 Å². The second-order valence-corrected chi connectivity index (χ2v) is 5.00. The Morgan fingerprint density at radius 1 is 0.958 bits per heavy atom. The number of rotatable bonds is 6. The summed E-state index contributed by atoms with van der Waals surface area (Å²) in [6.45, 7) is 0.336. The third-order valence-corrected chi connectivity index (χ3v) is 3.19. The number of aliphatic hydroxyl groups is 1. The molecule has 0 atom stereocenters. The Morgan fingerprint density at radius 2 is 1.79 bits per heavy atom. The summed E-state index contributed by atoms with van der Waals surface area (Å²) in [6, 6.07) is 14.1. The molecule has 0 aliphatic heterocycles. The van der Waals surface area contributed by atoms with Crippen LogP contribution in [-0.2, 0) is 0 Å². The molecule has 3 rings (SSSR count). The van der Waals surface area contributed by atoms with Gasteiger partial charge in [0.15, 0.2) is 0 Å². The highest BCUT2D eigenvalue weighted by Gasteiger charge is 2.08. The van der Waals surface area contributed by atoms with E-state index in [1.54, 1.807) is 36.5 Å². The lowest BCUT2D eigenvalue weighted by atomic mass is 10.2. The van der Waals surface area contributed by atoms with Gasteiger partial charge in [0.25, 0.3) is 0 Å². The number of benzene rings is 1. The van der Waals surface area contributed by atoms with Gasteiger partial charge in [-0.25, -0.2) is 4.98 Å². The Morgan fingerprint density at radius 3 is 2.50 bits per heavy atom. The molecule has 4 N–H and O–H groups in total. The Labute approximate surface area is 139 Å². The molecule has 24 heavy (non-hydrogen) atoms. The number of aliphatic hydroxyl groups excluding tert-OH is 1. The van der Waals surface area contributed by atoms with Crippen molar-refractivity contribution in [1.29, 1.82) is 0 Å². The van der Waals surface area contributed by atoms with Gasteiger partial charge in [0, 0.05) is 24.5 Å². The van der Waals surface area contributed by atoms with Crippen LogP contribution < -0.4 is 10.6 Å². The zero-order valence-electron chi connectivity index (χ0n) is 12.8. The van der Waals surface area contributed by atoms with Crippen LogP contribution in [0.5, 0.6) is 5.75 Å². The molecular weight excluding hydrogens is 306 g/mol. The number of nitrogens with one attached hydrogen (secondary N) is 2. The van der Waals surface area contributed by atoms with Crippen LogP contribution in [0, 0.1) is 0 Å². The summed E-state index contributed by atoms with van der Waals surface area (Å²) >= 11 is 0. The molecule has 0 bridgehead atoms. The molecule has 0 aliphatic carbocycles. The highest BCUT2D eigenvalue weighted by Crippen LogP contribution is 2.23. The average molecular weight is 323 g/mol. The summed E-state index contributed by atoms with van der Waals surface area (Å²) in [5.74, 6) is 1.17. The van der Waals surface area contributed by atoms with Crippen molar-refractivity contribution in [2.45, 2.75) is 0 Å². The first-order valence-electron chi connectivity index (χ1n) is 7.46. The van der Waals surface area contributed by atoms with Gasteiger partial charge >= 0.3 is 0 Å². The third kappa shape index (κ3) is 3.96. The minimum Gasteiger partial charge on any atom is -0.508 e. The molecule has 0 fully saturated rings. The molecule has 122 valence electrons. The van der Waals surface area contributed by atoms with Crippen LogP contribution in [0.2, 0.25) is 0 Å². The second-order valence-electron chi connectivity index (χ2n) is 5.00. The molecular formula is C17H17N5O2. The van der Waals surface area contributed by atoms with Crippen molar-refractivity contribution < 1.29 is 10.2 Å². The van der Waals surface area contributed by atoms with Crippen molar-refractivity contribution in [2.75, 3.05) is 23.8 Å². The SMILES string of the molecule is OCCNc1nc(Nc2ccc(O)cc2)cc(-c2ccccn2)n1. The minimum absolute atomic E-state index is 0.0160. The molecule has 0 radical (unpaired) electrons. The zero-order valence-corrected chi connectivity index (χ0v) is 12.8. The second kappa shape index (κ2) is 7.38. The Bertz CT molecular complexity index is 794. The van der Waals surface area contributed by atoms with Crippen LogP contribution in [0.15, 0.2) is 54.7 Å². The van der Waals surface area contributed by atoms with E-state index in [1.165, 1.54) is 0 Å². The van der Waals surface area contributed by atoms with Crippen LogP contribution in [0.3, 0.4) is 0 Å². The summed E-state index contributed by atoms with van der Waals surface area (Å²) in [6.07, 6.45) is 1.70. The standard InChI is InChI=1S/C17H17N5O2/c23-10-9-19-17-21-15(14-3-1-2-8-18-14)11-16(22-17)20-12-4-6-13(24)7-5-12/h1-8,11,23-24H,9-10H2,(H2,19,20,21,22). The number of pyridine rings is 1. The Hall–Kier alpha value is -3.19. The topological polar surface area (TPSA) is 103 Å². The molecule has 2 heterocycles. The lowest BCUT2D eigenvalue weighted by molar-refractivity contribution is 0.311. The summed E-state index contributed by atoms with van der Waals surface area (Å²) in [7, 11) is 0. The molecule has 7 heteroatoms. The van der Waals surface area contributed by atoms with E-state index in [1.807, 2.05) is 18.2 Å². The third-order valence-electron chi connectivity index (χ3n) is 3.19. The van der Waals surface area contributed by atoms with E-state index >= 15 is 0 Å². The fourth-order valence-electron chi connectivity index (χ4n) is 2.10. The normalized spacial score (nSPS) is 10.4. The van der Waals surface area contributed by atoms with E-state index in [9.17, 15) is 5.11 Å². The Balaban J connectivity index is 1.93. The van der Waals surface area contributed by atoms with Crippen LogP contribution in [0.25, 0.3) is 11.4 Å². The number of nitrogens with zero attached hydrogens (tertiary/aromatic N) is 3. The monoisotopic (exact) mass is 323 g/mol. The molecule has 0 spiro atoms. The highest BCUT2D eigenvalue weighted by atomic mass is 16.3. The fraction of sp³-hybridized carbons (Fsp3) is 0.118. The Kier molecular flexibility index (Phi) is 4.83. The van der Waals surface area contributed by atoms with Crippen molar-refractivity contribution in [3.05, 3.63) is 54.7 Å². The molecule has 0 amide bonds. The molecule has 1 aromatic carbocycles. The molecule has 3 aromatic rings. The first kappa shape index (κ1) is 15.7. The van der Waals surface area contributed by atoms with Crippen LogP contribution in [-0.4, -0.2) is 38.3 Å². The number of anilines is 3. The van der Waals surface area contributed by atoms with E-state index < -0.39 is 0 Å². The van der Waals surface area contributed by atoms with Crippen LogP contribution >= 0.6 is 0 Å². The first-order valence-corrected chi connectivity index (χ1v) is 7.46. The lowest BCUT2D eigenvalue weighted by Crippen LogP contribution is -2.10. The number of aromatic hydroxyl groups is 1. The lowest BCUT2D eigenvalue weighted by Gasteiger charge is -2.11. The molecule has 0 saturated carbocycles. The van der Waals surface area contributed by atoms with E-state index in [2.05, 4.69) is 25.6 Å². The summed E-state index contributed by atoms with van der Waals surface area (Å²) in [5.41, 5.74) is 2.17. The van der Waals surface area contributed by atoms with Crippen molar-refractivity contribution in [3.8, 4) is 17.1 Å². The fourth-order valence-corrected chi connectivity index (χ4v) is 2.10. The van der Waals surface area contributed by atoms with Gasteiger partial charge in [-0.1, -0.05) is 6.07 Å². The number of hydrogen-bond donors (Lipinski definition) is 4. The van der Waals surface area contributed by atoms with Gasteiger partial charge in [0.05, 0.1) is 18.0 Å². The highest BCUT2D eigenvalue weighted by molar-refractivity contribution is 5.65. The summed E-state index contributed by atoms with van der Waals surface area (Å²) < 4.78 is 0. The van der Waals surface area contributed by atoms with Crippen molar-refractivity contribution in [2.24, 2.45) is 0 Å². The maximum Gasteiger partial charge on any atom is 0.225 e. The van der Waals surface area contributed by atoms with Gasteiger partial charge in [-0.15, -0.1) is 0 Å². The minimum atomic E-state index is -0.0160. The smallest absolute Gasteiger partial charge is 0.225 e. The predicted octanol–water partition coefficient (Wildman–Crippen LogP) is 2.39. The van der Waals surface area contributed by atoms with Crippen molar-refractivity contribution >= 4 is 17.5 Å². The van der Waals surface area contributed by atoms with Gasteiger partial charge < -0.3 is 20.8 Å². The number of phenolic OH excluding ortho intramolecular Hbond substituents is 1. The van der Waals surface area contributed by atoms with Gasteiger partial charge in [0.1, 0.15) is 11.6 Å². The van der Waals surface area contributed by atoms with Gasteiger partial charge in [0.2, 0.25) is 5.95 Å². The number of phenols is 1. The van der Waals surface area contributed by atoms with E-state index in [0.29, 0.717) is 24.0 Å². The average Bonchev–Trinajstić information content (AvgIpc) is 2.62. The number of aromatic nitrogens is 3. The quantitative estimate of drug-likeness (QED) is 0.516. The summed E-state index contributed by atoms with van der Waals surface area (Å²) in [4.78, 5) is 13.1.